The highest BCUT2D eigenvalue weighted by Gasteiger charge is 2.43. The van der Waals surface area contributed by atoms with E-state index >= 15 is 0 Å². The van der Waals surface area contributed by atoms with Crippen LogP contribution in [0.15, 0.2) is 24.3 Å². The van der Waals surface area contributed by atoms with Crippen LogP contribution in [0.1, 0.15) is 23.7 Å². The molecule has 1 aliphatic heterocycles. The van der Waals surface area contributed by atoms with Crippen molar-refractivity contribution < 1.29 is 17.9 Å². The van der Waals surface area contributed by atoms with E-state index in [-0.39, 0.29) is 17.4 Å². The molecule has 0 saturated carbocycles. The van der Waals surface area contributed by atoms with Gasteiger partial charge in [0.1, 0.15) is 5.75 Å². The molecule has 1 aliphatic rings. The van der Waals surface area contributed by atoms with Crippen LogP contribution in [0.4, 0.5) is 0 Å². The van der Waals surface area contributed by atoms with Crippen LogP contribution in [0.2, 0.25) is 0 Å². The van der Waals surface area contributed by atoms with Gasteiger partial charge in [-0.2, -0.15) is 0 Å². The average molecular weight is 297 g/mol. The van der Waals surface area contributed by atoms with E-state index in [4.69, 9.17) is 4.74 Å². The van der Waals surface area contributed by atoms with Crippen LogP contribution >= 0.6 is 0 Å². The van der Waals surface area contributed by atoms with Crippen molar-refractivity contribution in [3.63, 3.8) is 0 Å². The van der Waals surface area contributed by atoms with Gasteiger partial charge in [0, 0.05) is 12.6 Å². The largest absolute Gasteiger partial charge is 0.497 e. The van der Waals surface area contributed by atoms with E-state index in [1.807, 2.05) is 6.92 Å². The highest BCUT2D eigenvalue weighted by atomic mass is 32.2. The first-order chi connectivity index (χ1) is 9.27. The maximum atomic E-state index is 12.4. The summed E-state index contributed by atoms with van der Waals surface area (Å²) in [6.07, 6.45) is 0.480. The molecule has 5 nitrogen and oxygen atoms in total. The summed E-state index contributed by atoms with van der Waals surface area (Å²) in [6, 6.07) is 6.80. The molecule has 2 rings (SSSR count). The second-order valence-corrected chi connectivity index (χ2v) is 7.62. The highest BCUT2D eigenvalue weighted by Crippen LogP contribution is 2.29. The predicted molar refractivity (Wildman–Crippen MR) is 76.8 cm³/mol. The van der Waals surface area contributed by atoms with E-state index in [0.717, 1.165) is 0 Å². The molecule has 1 atom stereocenters. The predicted octanol–water partition coefficient (Wildman–Crippen LogP) is 1.34. The van der Waals surface area contributed by atoms with Gasteiger partial charge in [-0.1, -0.05) is 0 Å². The molecule has 20 heavy (non-hydrogen) atoms. The molecule has 0 unspecified atom stereocenters. The molecule has 0 spiro atoms. The van der Waals surface area contributed by atoms with Gasteiger partial charge in [-0.3, -0.25) is 4.79 Å². The molecule has 0 bridgehead atoms. The molecular weight excluding hydrogens is 278 g/mol. The van der Waals surface area contributed by atoms with Crippen molar-refractivity contribution in [1.82, 2.24) is 4.90 Å². The zero-order valence-corrected chi connectivity index (χ0v) is 12.7. The summed E-state index contributed by atoms with van der Waals surface area (Å²) in [7, 11) is 0.184. The van der Waals surface area contributed by atoms with E-state index < -0.39 is 15.4 Å². The lowest BCUT2D eigenvalue weighted by Crippen LogP contribution is -2.48. The Morgan fingerprint density at radius 1 is 1.30 bits per heavy atom. The summed E-state index contributed by atoms with van der Waals surface area (Å²) in [5.41, 5.74) is -0.102. The van der Waals surface area contributed by atoms with Crippen molar-refractivity contribution in [3.05, 3.63) is 29.8 Å². The third kappa shape index (κ3) is 2.80. The Morgan fingerprint density at radius 2 is 1.90 bits per heavy atom. The minimum atomic E-state index is -3.04. The molecule has 0 aromatic heterocycles. The summed E-state index contributed by atoms with van der Waals surface area (Å²) in [5.74, 6) is 0.674. The second-order valence-electron chi connectivity index (χ2n) is 5.43. The highest BCUT2D eigenvalue weighted by molar-refractivity contribution is 7.91. The second kappa shape index (κ2) is 5.09. The number of sulfone groups is 1. The fourth-order valence-electron chi connectivity index (χ4n) is 2.43. The Bertz CT molecular complexity index is 609. The van der Waals surface area contributed by atoms with Crippen molar-refractivity contribution in [3.8, 4) is 5.75 Å². The number of methoxy groups -OCH3 is 1. The molecular formula is C14H19NO4S. The van der Waals surface area contributed by atoms with Crippen LogP contribution in [0.5, 0.6) is 5.75 Å². The summed E-state index contributed by atoms with van der Waals surface area (Å²) >= 11 is 0. The van der Waals surface area contributed by atoms with Crippen molar-refractivity contribution in [2.75, 3.05) is 25.7 Å². The minimum absolute atomic E-state index is 0.0262. The van der Waals surface area contributed by atoms with Gasteiger partial charge in [-0.05, 0) is 37.6 Å². The molecule has 1 heterocycles. The summed E-state index contributed by atoms with van der Waals surface area (Å²) < 4.78 is 28.3. The normalized spacial score (nSPS) is 24.4. The minimum Gasteiger partial charge on any atom is -0.497 e. The van der Waals surface area contributed by atoms with Crippen LogP contribution in [0.3, 0.4) is 0 Å². The Balaban J connectivity index is 2.20. The lowest BCUT2D eigenvalue weighted by molar-refractivity contribution is 0.0638. The summed E-state index contributed by atoms with van der Waals surface area (Å²) in [5, 5.41) is 0. The zero-order chi connectivity index (χ0) is 15.0. The van der Waals surface area contributed by atoms with Crippen LogP contribution < -0.4 is 4.74 Å². The first-order valence-electron chi connectivity index (χ1n) is 6.40. The molecule has 0 N–H and O–H groups in total. The third-order valence-corrected chi connectivity index (χ3v) is 5.82. The zero-order valence-electron chi connectivity index (χ0n) is 11.9. The molecule has 0 aliphatic carbocycles. The summed E-state index contributed by atoms with van der Waals surface area (Å²) in [6.45, 7) is 1.82. The lowest BCUT2D eigenvalue weighted by atomic mass is 9.99. The van der Waals surface area contributed by atoms with Crippen molar-refractivity contribution in [2.45, 2.75) is 18.9 Å². The number of amides is 1. The molecule has 0 radical (unpaired) electrons. The fourth-order valence-corrected chi connectivity index (χ4v) is 4.61. The van der Waals surface area contributed by atoms with Gasteiger partial charge >= 0.3 is 0 Å². The Labute approximate surface area is 119 Å². The van der Waals surface area contributed by atoms with Crippen LogP contribution in [0.25, 0.3) is 0 Å². The molecule has 1 fully saturated rings. The molecule has 110 valence electrons. The first kappa shape index (κ1) is 14.8. The lowest BCUT2D eigenvalue weighted by Gasteiger charge is -2.34. The Morgan fingerprint density at radius 3 is 2.35 bits per heavy atom. The fraction of sp³-hybridized carbons (Fsp3) is 0.500. The van der Waals surface area contributed by atoms with Gasteiger partial charge in [-0.15, -0.1) is 0 Å². The van der Waals surface area contributed by atoms with Gasteiger partial charge < -0.3 is 9.64 Å². The smallest absolute Gasteiger partial charge is 0.254 e. The molecule has 1 aromatic carbocycles. The van der Waals surface area contributed by atoms with Crippen molar-refractivity contribution in [1.29, 1.82) is 0 Å². The average Bonchev–Trinajstić information content (AvgIpc) is 2.72. The Kier molecular flexibility index (Phi) is 3.77. The van der Waals surface area contributed by atoms with E-state index in [1.54, 1.807) is 43.3 Å². The maximum Gasteiger partial charge on any atom is 0.254 e. The van der Waals surface area contributed by atoms with E-state index in [0.29, 0.717) is 17.7 Å². The monoisotopic (exact) mass is 297 g/mol. The summed E-state index contributed by atoms with van der Waals surface area (Å²) in [4.78, 5) is 14.0. The molecule has 1 aromatic rings. The van der Waals surface area contributed by atoms with Gasteiger partial charge in [0.25, 0.3) is 5.91 Å². The number of benzene rings is 1. The van der Waals surface area contributed by atoms with Gasteiger partial charge in [0.05, 0.1) is 24.2 Å². The first-order valence-corrected chi connectivity index (χ1v) is 8.22. The quantitative estimate of drug-likeness (QED) is 0.844. The topological polar surface area (TPSA) is 63.7 Å². The Hall–Kier alpha value is -1.56. The molecule has 1 saturated heterocycles. The third-order valence-electron chi connectivity index (χ3n) is 3.93. The number of nitrogens with zero attached hydrogens (tertiary/aromatic N) is 1. The van der Waals surface area contributed by atoms with Gasteiger partial charge in [0.2, 0.25) is 0 Å². The molecule has 1 amide bonds. The van der Waals surface area contributed by atoms with Crippen molar-refractivity contribution >= 4 is 15.7 Å². The van der Waals surface area contributed by atoms with Gasteiger partial charge in [-0.25, -0.2) is 8.42 Å². The molecule has 6 heteroatoms. The maximum absolute atomic E-state index is 12.4. The van der Waals surface area contributed by atoms with E-state index in [9.17, 15) is 13.2 Å². The standard InChI is InChI=1S/C14H19NO4S/c1-14(8-9-20(17,18)10-14)15(2)13(16)11-4-6-12(19-3)7-5-11/h4-7H,8-10H2,1-3H3/t14-/m1/s1. The number of ether oxygens (including phenoxy) is 1. The van der Waals surface area contributed by atoms with Crippen LogP contribution in [-0.4, -0.2) is 50.4 Å². The number of hydrogen-bond donors (Lipinski definition) is 0. The van der Waals surface area contributed by atoms with Gasteiger partial charge in [0.15, 0.2) is 9.84 Å². The number of carbonyl (C=O) groups is 1. The van der Waals surface area contributed by atoms with Crippen molar-refractivity contribution in [2.24, 2.45) is 0 Å². The number of carbonyl (C=O) groups excluding carboxylic acids is 1. The van der Waals surface area contributed by atoms with Crippen LogP contribution in [0, 0.1) is 0 Å². The number of hydrogen-bond acceptors (Lipinski definition) is 4. The van der Waals surface area contributed by atoms with E-state index in [1.165, 1.54) is 0 Å². The van der Waals surface area contributed by atoms with E-state index in [2.05, 4.69) is 0 Å². The number of rotatable bonds is 3. The van der Waals surface area contributed by atoms with Crippen LogP contribution in [-0.2, 0) is 9.84 Å². The SMILES string of the molecule is COc1ccc(C(=O)N(C)[C@]2(C)CCS(=O)(=O)C2)cc1.